The SMILES string of the molecule is COc1ccccc1CNC(=O)[C@@]1(C)Cc2ccccc2C(=O)N1CCC(C)C. The Morgan fingerprint density at radius 2 is 1.86 bits per heavy atom. The molecule has 0 radical (unpaired) electrons. The Labute approximate surface area is 173 Å². The zero-order chi connectivity index (χ0) is 21.0. The first-order chi connectivity index (χ1) is 13.9. The predicted molar refractivity (Wildman–Crippen MR) is 114 cm³/mol. The molecule has 3 rings (SSSR count). The number of hydrogen-bond acceptors (Lipinski definition) is 3. The first-order valence-electron chi connectivity index (χ1n) is 10.2. The lowest BCUT2D eigenvalue weighted by molar-refractivity contribution is -0.132. The van der Waals surface area contributed by atoms with Crippen molar-refractivity contribution in [1.82, 2.24) is 10.2 Å². The highest BCUT2D eigenvalue weighted by Crippen LogP contribution is 2.32. The molecule has 5 heteroatoms. The van der Waals surface area contributed by atoms with Gasteiger partial charge in [-0.25, -0.2) is 0 Å². The molecule has 1 aliphatic heterocycles. The molecule has 0 spiro atoms. The van der Waals surface area contributed by atoms with Gasteiger partial charge in [-0.05, 0) is 37.0 Å². The molecule has 2 amide bonds. The van der Waals surface area contributed by atoms with Crippen molar-refractivity contribution < 1.29 is 14.3 Å². The summed E-state index contributed by atoms with van der Waals surface area (Å²) in [5.74, 6) is 0.970. The van der Waals surface area contributed by atoms with Crippen molar-refractivity contribution >= 4 is 11.8 Å². The number of nitrogens with one attached hydrogen (secondary N) is 1. The molecule has 1 aliphatic rings. The van der Waals surface area contributed by atoms with E-state index in [1.54, 1.807) is 12.0 Å². The fourth-order valence-corrected chi connectivity index (χ4v) is 3.87. The van der Waals surface area contributed by atoms with E-state index in [9.17, 15) is 9.59 Å². The summed E-state index contributed by atoms with van der Waals surface area (Å²) in [6.45, 7) is 7.04. The van der Waals surface area contributed by atoms with Crippen LogP contribution in [0.15, 0.2) is 48.5 Å². The lowest BCUT2D eigenvalue weighted by Gasteiger charge is -2.44. The number of amides is 2. The normalized spacial score (nSPS) is 18.5. The van der Waals surface area contributed by atoms with Gasteiger partial charge in [0.05, 0.1) is 7.11 Å². The summed E-state index contributed by atoms with van der Waals surface area (Å²) >= 11 is 0. The van der Waals surface area contributed by atoms with Gasteiger partial charge < -0.3 is 15.0 Å². The van der Waals surface area contributed by atoms with Gasteiger partial charge in [0.2, 0.25) is 5.91 Å². The van der Waals surface area contributed by atoms with Crippen LogP contribution in [0.5, 0.6) is 5.75 Å². The van der Waals surface area contributed by atoms with E-state index in [1.165, 1.54) is 0 Å². The van der Waals surface area contributed by atoms with Crippen molar-refractivity contribution in [1.29, 1.82) is 0 Å². The van der Waals surface area contributed by atoms with Crippen LogP contribution in [0.2, 0.25) is 0 Å². The van der Waals surface area contributed by atoms with Gasteiger partial charge in [-0.1, -0.05) is 50.2 Å². The van der Waals surface area contributed by atoms with Crippen molar-refractivity contribution in [2.75, 3.05) is 13.7 Å². The maximum Gasteiger partial charge on any atom is 0.255 e. The average Bonchev–Trinajstić information content (AvgIpc) is 2.71. The number of benzene rings is 2. The first kappa shape index (κ1) is 20.9. The highest BCUT2D eigenvalue weighted by molar-refractivity contribution is 6.02. The number of nitrogens with zero attached hydrogens (tertiary/aromatic N) is 1. The molecule has 2 aromatic carbocycles. The van der Waals surface area contributed by atoms with Crippen LogP contribution in [-0.4, -0.2) is 35.9 Å². The van der Waals surface area contributed by atoms with Crippen molar-refractivity contribution in [2.45, 2.75) is 45.7 Å². The monoisotopic (exact) mass is 394 g/mol. The van der Waals surface area contributed by atoms with Gasteiger partial charge in [0, 0.05) is 30.6 Å². The van der Waals surface area contributed by atoms with Crippen molar-refractivity contribution in [3.05, 3.63) is 65.2 Å². The van der Waals surface area contributed by atoms with E-state index in [2.05, 4.69) is 19.2 Å². The zero-order valence-electron chi connectivity index (χ0n) is 17.7. The predicted octanol–water partition coefficient (Wildman–Crippen LogP) is 3.81. The molecular weight excluding hydrogens is 364 g/mol. The van der Waals surface area contributed by atoms with Crippen molar-refractivity contribution in [3.63, 3.8) is 0 Å². The highest BCUT2D eigenvalue weighted by atomic mass is 16.5. The number of rotatable bonds is 7. The lowest BCUT2D eigenvalue weighted by atomic mass is 9.82. The fourth-order valence-electron chi connectivity index (χ4n) is 3.87. The minimum atomic E-state index is -0.928. The molecule has 5 nitrogen and oxygen atoms in total. The van der Waals surface area contributed by atoms with E-state index < -0.39 is 5.54 Å². The Kier molecular flexibility index (Phi) is 6.26. The maximum absolute atomic E-state index is 13.4. The third-order valence-electron chi connectivity index (χ3n) is 5.67. The average molecular weight is 395 g/mol. The fraction of sp³-hybridized carbons (Fsp3) is 0.417. The maximum atomic E-state index is 13.4. The first-order valence-corrected chi connectivity index (χ1v) is 10.2. The number of fused-ring (bicyclic) bond motifs is 1. The molecule has 0 aromatic heterocycles. The Bertz CT molecular complexity index is 893. The summed E-state index contributed by atoms with van der Waals surface area (Å²) < 4.78 is 5.38. The number of ether oxygens (including phenoxy) is 1. The molecule has 1 atom stereocenters. The minimum absolute atomic E-state index is 0.0672. The summed E-state index contributed by atoms with van der Waals surface area (Å²) in [5, 5.41) is 3.04. The summed E-state index contributed by atoms with van der Waals surface area (Å²) in [6, 6.07) is 15.2. The van der Waals surface area contributed by atoms with E-state index in [1.807, 2.05) is 55.5 Å². The lowest BCUT2D eigenvalue weighted by Crippen LogP contribution is -2.62. The minimum Gasteiger partial charge on any atom is -0.496 e. The molecule has 0 bridgehead atoms. The van der Waals surface area contributed by atoms with Gasteiger partial charge in [0.15, 0.2) is 0 Å². The van der Waals surface area contributed by atoms with Gasteiger partial charge in [-0.15, -0.1) is 0 Å². The quantitative estimate of drug-likeness (QED) is 0.777. The van der Waals surface area contributed by atoms with Gasteiger partial charge in [-0.2, -0.15) is 0 Å². The third-order valence-corrected chi connectivity index (χ3v) is 5.67. The smallest absolute Gasteiger partial charge is 0.255 e. The summed E-state index contributed by atoms with van der Waals surface area (Å²) in [6.07, 6.45) is 1.36. The molecule has 0 fully saturated rings. The van der Waals surface area contributed by atoms with E-state index in [0.717, 1.165) is 23.3 Å². The van der Waals surface area contributed by atoms with Crippen LogP contribution in [0.25, 0.3) is 0 Å². The van der Waals surface area contributed by atoms with Gasteiger partial charge >= 0.3 is 0 Å². The van der Waals surface area contributed by atoms with E-state index >= 15 is 0 Å². The van der Waals surface area contributed by atoms with Crippen LogP contribution in [0.1, 0.15) is 48.7 Å². The molecule has 0 aliphatic carbocycles. The number of methoxy groups -OCH3 is 1. The number of carbonyl (C=O) groups is 2. The van der Waals surface area contributed by atoms with E-state index in [-0.39, 0.29) is 11.8 Å². The molecule has 29 heavy (non-hydrogen) atoms. The standard InChI is InChI=1S/C24H30N2O3/c1-17(2)13-14-26-22(27)20-11-7-5-9-18(20)15-24(26,3)23(28)25-16-19-10-6-8-12-21(19)29-4/h5-12,17H,13-16H2,1-4H3,(H,25,28)/t24-/m1/s1. The highest BCUT2D eigenvalue weighted by Gasteiger charge is 2.46. The molecule has 2 aromatic rings. The summed E-state index contributed by atoms with van der Waals surface area (Å²) in [7, 11) is 1.62. The van der Waals surface area contributed by atoms with E-state index in [4.69, 9.17) is 4.74 Å². The van der Waals surface area contributed by atoms with Crippen LogP contribution < -0.4 is 10.1 Å². The molecule has 1 heterocycles. The number of para-hydroxylation sites is 1. The zero-order valence-corrected chi connectivity index (χ0v) is 17.7. The Hall–Kier alpha value is -2.82. The Balaban J connectivity index is 1.86. The molecule has 1 N–H and O–H groups in total. The topological polar surface area (TPSA) is 58.6 Å². The Morgan fingerprint density at radius 1 is 1.17 bits per heavy atom. The van der Waals surface area contributed by atoms with Crippen LogP contribution in [0, 0.1) is 5.92 Å². The van der Waals surface area contributed by atoms with Gasteiger partial charge in [0.25, 0.3) is 5.91 Å². The number of carbonyl (C=O) groups excluding carboxylic acids is 2. The third kappa shape index (κ3) is 4.29. The number of hydrogen-bond donors (Lipinski definition) is 1. The van der Waals surface area contributed by atoms with E-state index in [0.29, 0.717) is 31.0 Å². The second kappa shape index (κ2) is 8.68. The second-order valence-corrected chi connectivity index (χ2v) is 8.24. The largest absolute Gasteiger partial charge is 0.496 e. The van der Waals surface area contributed by atoms with Gasteiger partial charge in [-0.3, -0.25) is 9.59 Å². The van der Waals surface area contributed by atoms with Crippen molar-refractivity contribution in [3.8, 4) is 5.75 Å². The summed E-state index contributed by atoms with van der Waals surface area (Å²) in [4.78, 5) is 28.4. The van der Waals surface area contributed by atoms with Crippen LogP contribution >= 0.6 is 0 Å². The molecule has 154 valence electrons. The van der Waals surface area contributed by atoms with Crippen LogP contribution in [-0.2, 0) is 17.8 Å². The van der Waals surface area contributed by atoms with Crippen LogP contribution in [0.4, 0.5) is 0 Å². The summed E-state index contributed by atoms with van der Waals surface area (Å²) in [5.41, 5.74) is 1.60. The van der Waals surface area contributed by atoms with Crippen molar-refractivity contribution in [2.24, 2.45) is 5.92 Å². The molecule has 0 saturated heterocycles. The Morgan fingerprint density at radius 3 is 2.59 bits per heavy atom. The second-order valence-electron chi connectivity index (χ2n) is 8.24. The molecule has 0 saturated carbocycles. The van der Waals surface area contributed by atoms with Gasteiger partial charge in [0.1, 0.15) is 11.3 Å². The molecule has 0 unspecified atom stereocenters. The molecular formula is C24H30N2O3. The van der Waals surface area contributed by atoms with Crippen LogP contribution in [0.3, 0.4) is 0 Å².